The molecule has 3 rings (SSSR count). The Morgan fingerprint density at radius 2 is 1.94 bits per heavy atom. The van der Waals surface area contributed by atoms with Crippen molar-refractivity contribution in [1.29, 1.82) is 0 Å². The fraction of sp³-hybridized carbons (Fsp3) is 0.364. The van der Waals surface area contributed by atoms with Gasteiger partial charge < -0.3 is 15.4 Å². The minimum absolute atomic E-state index is 0.0825. The Balaban J connectivity index is 1.84. The molecule has 0 atom stereocenters. The van der Waals surface area contributed by atoms with Crippen molar-refractivity contribution in [2.45, 2.75) is 39.7 Å². The van der Waals surface area contributed by atoms with Crippen LogP contribution in [0, 0.1) is 0 Å². The first kappa shape index (κ1) is 23.3. The number of fused-ring (bicyclic) bond motifs is 1. The van der Waals surface area contributed by atoms with Gasteiger partial charge in [0.1, 0.15) is 10.7 Å². The standard InChI is InChI=1S/C22H26N4O5S/c1-3-5-11-25(18-19(23)26(10-4-2)22(30)24-20(18)28)17(27)13-31-21(29)16-12-14-8-6-7-9-15(14)32-16/h6-9,12H,3-5,10-11,13,23H2,1-2H3,(H,24,28,30). The number of hydrogen-bond donors (Lipinski definition) is 2. The summed E-state index contributed by atoms with van der Waals surface area (Å²) in [6.07, 6.45) is 1.98. The highest BCUT2D eigenvalue weighted by atomic mass is 32.1. The van der Waals surface area contributed by atoms with Gasteiger partial charge in [-0.2, -0.15) is 0 Å². The number of nitrogens with zero attached hydrogens (tertiary/aromatic N) is 2. The molecule has 170 valence electrons. The maximum atomic E-state index is 13.0. The second-order valence-corrected chi connectivity index (χ2v) is 8.35. The van der Waals surface area contributed by atoms with Gasteiger partial charge in [-0.25, -0.2) is 9.59 Å². The van der Waals surface area contributed by atoms with E-state index in [0.29, 0.717) is 24.3 Å². The second-order valence-electron chi connectivity index (χ2n) is 7.27. The Morgan fingerprint density at radius 1 is 1.19 bits per heavy atom. The SMILES string of the molecule is CCCCN(C(=O)COC(=O)c1cc2ccccc2s1)c1c(N)n(CCC)c(=O)[nH]c1=O. The van der Waals surface area contributed by atoms with E-state index < -0.39 is 29.7 Å². The number of nitrogen functional groups attached to an aromatic ring is 1. The Labute approximate surface area is 188 Å². The number of H-pyrrole nitrogens is 1. The lowest BCUT2D eigenvalue weighted by molar-refractivity contribution is -0.121. The van der Waals surface area contributed by atoms with Gasteiger partial charge in [-0.1, -0.05) is 38.5 Å². The molecule has 0 aliphatic rings. The number of hydrogen-bond acceptors (Lipinski definition) is 7. The van der Waals surface area contributed by atoms with Crippen LogP contribution in [0.3, 0.4) is 0 Å². The van der Waals surface area contributed by atoms with Gasteiger partial charge in [-0.3, -0.25) is 19.1 Å². The lowest BCUT2D eigenvalue weighted by atomic mass is 10.2. The van der Waals surface area contributed by atoms with Gasteiger partial charge in [0.2, 0.25) is 0 Å². The second kappa shape index (κ2) is 10.3. The van der Waals surface area contributed by atoms with E-state index in [4.69, 9.17) is 10.5 Å². The number of nitrogens with one attached hydrogen (secondary N) is 1. The summed E-state index contributed by atoms with van der Waals surface area (Å²) in [6.45, 7) is 3.75. The van der Waals surface area contributed by atoms with Gasteiger partial charge in [0.15, 0.2) is 12.3 Å². The number of thiophene rings is 1. The number of benzene rings is 1. The summed E-state index contributed by atoms with van der Waals surface area (Å²) in [6, 6.07) is 9.25. The number of carbonyl (C=O) groups is 2. The van der Waals surface area contributed by atoms with Gasteiger partial charge in [0.25, 0.3) is 11.5 Å². The van der Waals surface area contributed by atoms with Gasteiger partial charge in [-0.15, -0.1) is 11.3 Å². The molecule has 2 aromatic heterocycles. The van der Waals surface area contributed by atoms with Crippen molar-refractivity contribution >= 4 is 44.8 Å². The fourth-order valence-electron chi connectivity index (χ4n) is 3.32. The number of aromatic amines is 1. The van der Waals surface area contributed by atoms with Crippen LogP contribution in [0.2, 0.25) is 0 Å². The Morgan fingerprint density at radius 3 is 2.62 bits per heavy atom. The maximum absolute atomic E-state index is 13.0. The molecule has 10 heteroatoms. The van der Waals surface area contributed by atoms with Gasteiger partial charge in [0, 0.05) is 17.8 Å². The quantitative estimate of drug-likeness (QED) is 0.475. The predicted octanol–water partition coefficient (Wildman–Crippen LogP) is 2.73. The van der Waals surface area contributed by atoms with Crippen LogP contribution in [0.15, 0.2) is 39.9 Å². The zero-order valence-electron chi connectivity index (χ0n) is 18.1. The van der Waals surface area contributed by atoms with E-state index >= 15 is 0 Å². The van der Waals surface area contributed by atoms with E-state index in [-0.39, 0.29) is 18.1 Å². The zero-order chi connectivity index (χ0) is 23.3. The van der Waals surface area contributed by atoms with Crippen LogP contribution in [0.25, 0.3) is 10.1 Å². The van der Waals surface area contributed by atoms with Crippen molar-refractivity contribution in [1.82, 2.24) is 9.55 Å². The number of esters is 1. The summed E-state index contributed by atoms with van der Waals surface area (Å²) in [5.41, 5.74) is 4.63. The summed E-state index contributed by atoms with van der Waals surface area (Å²) >= 11 is 1.28. The molecule has 0 fully saturated rings. The number of rotatable bonds is 9. The average molecular weight is 459 g/mol. The van der Waals surface area contributed by atoms with Crippen LogP contribution < -0.4 is 21.9 Å². The largest absolute Gasteiger partial charge is 0.451 e. The molecule has 2 heterocycles. The Bertz CT molecular complexity index is 1210. The predicted molar refractivity (Wildman–Crippen MR) is 125 cm³/mol. The molecular weight excluding hydrogens is 432 g/mol. The third-order valence-corrected chi connectivity index (χ3v) is 6.02. The van der Waals surface area contributed by atoms with E-state index in [1.807, 2.05) is 38.1 Å². The third-order valence-electron chi connectivity index (χ3n) is 4.92. The lowest BCUT2D eigenvalue weighted by Gasteiger charge is -2.24. The lowest BCUT2D eigenvalue weighted by Crippen LogP contribution is -2.43. The number of anilines is 2. The fourth-order valence-corrected chi connectivity index (χ4v) is 4.28. The van der Waals surface area contributed by atoms with Crippen molar-refractivity contribution in [3.63, 3.8) is 0 Å². The van der Waals surface area contributed by atoms with Crippen LogP contribution in [-0.4, -0.2) is 34.6 Å². The van der Waals surface area contributed by atoms with E-state index in [2.05, 4.69) is 4.98 Å². The van der Waals surface area contributed by atoms with Crippen molar-refractivity contribution in [3.05, 3.63) is 56.0 Å². The van der Waals surface area contributed by atoms with Crippen LogP contribution in [0.1, 0.15) is 42.8 Å². The van der Waals surface area contributed by atoms with E-state index in [1.165, 1.54) is 20.8 Å². The number of unbranched alkanes of at least 4 members (excludes halogenated alkanes) is 1. The molecule has 9 nitrogen and oxygen atoms in total. The van der Waals surface area contributed by atoms with E-state index in [1.54, 1.807) is 6.07 Å². The molecule has 0 spiro atoms. The molecule has 0 aliphatic heterocycles. The maximum Gasteiger partial charge on any atom is 0.348 e. The summed E-state index contributed by atoms with van der Waals surface area (Å²) in [4.78, 5) is 53.9. The molecule has 0 saturated carbocycles. The molecular formula is C22H26N4O5S. The molecule has 1 aromatic carbocycles. The van der Waals surface area contributed by atoms with Crippen molar-refractivity contribution in [2.24, 2.45) is 0 Å². The normalized spacial score (nSPS) is 10.9. The highest BCUT2D eigenvalue weighted by Crippen LogP contribution is 2.26. The van der Waals surface area contributed by atoms with Crippen LogP contribution in [-0.2, 0) is 16.1 Å². The third kappa shape index (κ3) is 4.91. The van der Waals surface area contributed by atoms with E-state index in [0.717, 1.165) is 16.5 Å². The molecule has 0 aliphatic carbocycles. The zero-order valence-corrected chi connectivity index (χ0v) is 18.9. The van der Waals surface area contributed by atoms with Crippen LogP contribution in [0.4, 0.5) is 11.5 Å². The smallest absolute Gasteiger partial charge is 0.348 e. The summed E-state index contributed by atoms with van der Waals surface area (Å²) in [7, 11) is 0. The number of carbonyl (C=O) groups excluding carboxylic acids is 2. The topological polar surface area (TPSA) is 127 Å². The molecule has 0 unspecified atom stereocenters. The monoisotopic (exact) mass is 458 g/mol. The first-order valence-electron chi connectivity index (χ1n) is 10.5. The summed E-state index contributed by atoms with van der Waals surface area (Å²) in [5.74, 6) is -1.29. The van der Waals surface area contributed by atoms with Crippen molar-refractivity contribution in [2.75, 3.05) is 23.8 Å². The van der Waals surface area contributed by atoms with Crippen molar-refractivity contribution in [3.8, 4) is 0 Å². The molecule has 0 saturated heterocycles. The van der Waals surface area contributed by atoms with Gasteiger partial charge in [-0.05, 0) is 30.4 Å². The van der Waals surface area contributed by atoms with Crippen LogP contribution in [0.5, 0.6) is 0 Å². The summed E-state index contributed by atoms with van der Waals surface area (Å²) in [5, 5.41) is 0.915. The first-order chi connectivity index (χ1) is 15.4. The first-order valence-corrected chi connectivity index (χ1v) is 11.3. The number of ether oxygens (including phenoxy) is 1. The molecule has 32 heavy (non-hydrogen) atoms. The Kier molecular flexibility index (Phi) is 7.47. The highest BCUT2D eigenvalue weighted by molar-refractivity contribution is 7.20. The van der Waals surface area contributed by atoms with Gasteiger partial charge >= 0.3 is 11.7 Å². The number of nitrogens with two attached hydrogens (primary N) is 1. The molecule has 1 amide bonds. The van der Waals surface area contributed by atoms with Crippen molar-refractivity contribution < 1.29 is 14.3 Å². The minimum atomic E-state index is -0.750. The van der Waals surface area contributed by atoms with Gasteiger partial charge in [0.05, 0.1) is 0 Å². The average Bonchev–Trinajstić information content (AvgIpc) is 3.21. The minimum Gasteiger partial charge on any atom is -0.451 e. The Hall–Kier alpha value is -3.40. The molecule has 3 aromatic rings. The summed E-state index contributed by atoms with van der Waals surface area (Å²) < 4.78 is 7.41. The molecule has 0 bridgehead atoms. The van der Waals surface area contributed by atoms with Crippen LogP contribution >= 0.6 is 11.3 Å². The highest BCUT2D eigenvalue weighted by Gasteiger charge is 2.25. The van der Waals surface area contributed by atoms with E-state index in [9.17, 15) is 19.2 Å². The number of amides is 1. The molecule has 0 radical (unpaired) electrons. The molecule has 3 N–H and O–H groups in total. The number of aromatic nitrogens is 2.